The van der Waals surface area contributed by atoms with Gasteiger partial charge in [0.1, 0.15) is 11.2 Å². The molecule has 0 saturated carbocycles. The van der Waals surface area contributed by atoms with Crippen LogP contribution in [0.3, 0.4) is 0 Å². The maximum atomic E-state index is 10.2. The van der Waals surface area contributed by atoms with E-state index < -0.39 is 24.4 Å². The Hall–Kier alpha value is -0.280. The Morgan fingerprint density at radius 3 is 1.79 bits per heavy atom. The number of morpholine rings is 1. The maximum Gasteiger partial charge on any atom is 0.132 e. The van der Waals surface area contributed by atoms with Crippen molar-refractivity contribution < 1.29 is 25.2 Å². The fourth-order valence-electron chi connectivity index (χ4n) is 2.75. The molecule has 4 N–H and O–H groups in total. The molecule has 2 fully saturated rings. The average Bonchev–Trinajstić information content (AvgIpc) is 2.71. The SMILES string of the molecule is OCC1(O)CN(CCN2CCOCC2)CC1(O)CO. The van der Waals surface area contributed by atoms with Crippen LogP contribution in [0.4, 0.5) is 0 Å². The summed E-state index contributed by atoms with van der Waals surface area (Å²) in [5, 5.41) is 38.9. The monoisotopic (exact) mass is 276 g/mol. The van der Waals surface area contributed by atoms with E-state index in [1.165, 1.54) is 0 Å². The molecule has 2 rings (SSSR count). The summed E-state index contributed by atoms with van der Waals surface area (Å²) in [4.78, 5) is 4.14. The first-order valence-corrected chi connectivity index (χ1v) is 6.72. The second-order valence-electron chi connectivity index (χ2n) is 5.54. The summed E-state index contributed by atoms with van der Waals surface area (Å²) in [6.07, 6.45) is 0. The third kappa shape index (κ3) is 3.08. The van der Waals surface area contributed by atoms with Gasteiger partial charge in [-0.15, -0.1) is 0 Å². The maximum absolute atomic E-state index is 10.2. The van der Waals surface area contributed by atoms with Gasteiger partial charge in [-0.2, -0.15) is 0 Å². The molecular formula is C12H24N2O5. The Balaban J connectivity index is 1.85. The zero-order valence-corrected chi connectivity index (χ0v) is 11.2. The lowest BCUT2D eigenvalue weighted by Crippen LogP contribution is -2.58. The van der Waals surface area contributed by atoms with Gasteiger partial charge in [0.25, 0.3) is 0 Å². The highest BCUT2D eigenvalue weighted by Gasteiger charge is 2.55. The first kappa shape index (κ1) is 15.1. The van der Waals surface area contributed by atoms with Crippen molar-refractivity contribution in [3.05, 3.63) is 0 Å². The van der Waals surface area contributed by atoms with Gasteiger partial charge in [0.05, 0.1) is 26.4 Å². The molecule has 0 spiro atoms. The van der Waals surface area contributed by atoms with Crippen molar-refractivity contribution >= 4 is 0 Å². The van der Waals surface area contributed by atoms with Gasteiger partial charge >= 0.3 is 0 Å². The molecule has 0 aromatic heterocycles. The van der Waals surface area contributed by atoms with Gasteiger partial charge in [-0.3, -0.25) is 9.80 Å². The molecule has 2 heterocycles. The molecule has 0 aromatic rings. The van der Waals surface area contributed by atoms with Crippen LogP contribution in [-0.2, 0) is 4.74 Å². The fraction of sp³-hybridized carbons (Fsp3) is 1.00. The molecule has 0 aliphatic carbocycles. The lowest BCUT2D eigenvalue weighted by atomic mass is 9.87. The van der Waals surface area contributed by atoms with E-state index in [1.807, 2.05) is 4.90 Å². The van der Waals surface area contributed by atoms with Crippen LogP contribution in [0.1, 0.15) is 0 Å². The van der Waals surface area contributed by atoms with Gasteiger partial charge in [-0.1, -0.05) is 0 Å². The molecule has 7 nitrogen and oxygen atoms in total. The van der Waals surface area contributed by atoms with Gasteiger partial charge in [0.15, 0.2) is 0 Å². The van der Waals surface area contributed by atoms with Gasteiger partial charge in [0, 0.05) is 39.3 Å². The number of rotatable bonds is 5. The summed E-state index contributed by atoms with van der Waals surface area (Å²) in [5.74, 6) is 0. The second-order valence-corrected chi connectivity index (χ2v) is 5.54. The van der Waals surface area contributed by atoms with Crippen molar-refractivity contribution in [2.45, 2.75) is 11.2 Å². The van der Waals surface area contributed by atoms with E-state index in [4.69, 9.17) is 4.74 Å². The molecule has 112 valence electrons. The number of hydrogen-bond donors (Lipinski definition) is 4. The molecule has 0 radical (unpaired) electrons. The molecule has 2 atom stereocenters. The highest BCUT2D eigenvalue weighted by molar-refractivity contribution is 5.08. The summed E-state index contributed by atoms with van der Waals surface area (Å²) in [7, 11) is 0. The fourth-order valence-corrected chi connectivity index (χ4v) is 2.75. The zero-order valence-electron chi connectivity index (χ0n) is 11.2. The summed E-state index contributed by atoms with van der Waals surface area (Å²) in [6.45, 7) is 4.00. The van der Waals surface area contributed by atoms with Crippen molar-refractivity contribution in [3.63, 3.8) is 0 Å². The molecule has 0 amide bonds. The topological polar surface area (TPSA) is 96.6 Å². The van der Waals surface area contributed by atoms with Crippen LogP contribution >= 0.6 is 0 Å². The van der Waals surface area contributed by atoms with Crippen molar-refractivity contribution in [1.29, 1.82) is 0 Å². The summed E-state index contributed by atoms with van der Waals surface area (Å²) in [6, 6.07) is 0. The van der Waals surface area contributed by atoms with Crippen LogP contribution in [0.2, 0.25) is 0 Å². The molecule has 2 aliphatic heterocycles. The van der Waals surface area contributed by atoms with E-state index in [1.54, 1.807) is 0 Å². The molecule has 7 heteroatoms. The smallest absolute Gasteiger partial charge is 0.132 e. The molecule has 2 aliphatic rings. The van der Waals surface area contributed by atoms with Gasteiger partial charge in [0.2, 0.25) is 0 Å². The molecule has 2 unspecified atom stereocenters. The first-order valence-electron chi connectivity index (χ1n) is 6.72. The lowest BCUT2D eigenvalue weighted by molar-refractivity contribution is -0.158. The first-order chi connectivity index (χ1) is 9.03. The molecule has 19 heavy (non-hydrogen) atoms. The minimum Gasteiger partial charge on any atom is -0.393 e. The summed E-state index contributed by atoms with van der Waals surface area (Å²) < 4.78 is 5.27. The molecular weight excluding hydrogens is 252 g/mol. The Kier molecular flexibility index (Phi) is 4.78. The van der Waals surface area contributed by atoms with Crippen molar-refractivity contribution in [3.8, 4) is 0 Å². The highest BCUT2D eigenvalue weighted by Crippen LogP contribution is 2.31. The quantitative estimate of drug-likeness (QED) is 0.427. The third-order valence-corrected chi connectivity index (χ3v) is 4.20. The summed E-state index contributed by atoms with van der Waals surface area (Å²) >= 11 is 0. The number of ether oxygens (including phenoxy) is 1. The van der Waals surface area contributed by atoms with E-state index in [2.05, 4.69) is 4.90 Å². The van der Waals surface area contributed by atoms with Gasteiger partial charge < -0.3 is 25.2 Å². The Labute approximate surface area is 113 Å². The number of β-amino-alcohol motifs (C(OH)–C–C–N with tert-alkyl or cyclic N) is 2. The Morgan fingerprint density at radius 1 is 0.842 bits per heavy atom. The molecule has 0 bridgehead atoms. The van der Waals surface area contributed by atoms with Crippen LogP contribution in [0.15, 0.2) is 0 Å². The Bertz CT molecular complexity index is 282. The van der Waals surface area contributed by atoms with E-state index >= 15 is 0 Å². The third-order valence-electron chi connectivity index (χ3n) is 4.20. The van der Waals surface area contributed by atoms with E-state index in [0.717, 1.165) is 32.8 Å². The van der Waals surface area contributed by atoms with Crippen LogP contribution in [-0.4, -0.2) is 107 Å². The minimum atomic E-state index is -1.65. The van der Waals surface area contributed by atoms with Crippen LogP contribution in [0.25, 0.3) is 0 Å². The summed E-state index contributed by atoms with van der Waals surface area (Å²) in [5.41, 5.74) is -3.29. The van der Waals surface area contributed by atoms with Crippen molar-refractivity contribution in [2.24, 2.45) is 0 Å². The van der Waals surface area contributed by atoms with Gasteiger partial charge in [-0.05, 0) is 0 Å². The molecule has 0 aromatic carbocycles. The minimum absolute atomic E-state index is 0.172. The average molecular weight is 276 g/mol. The predicted octanol–water partition coefficient (Wildman–Crippen LogP) is -2.92. The number of aliphatic hydroxyl groups is 4. The van der Waals surface area contributed by atoms with Crippen molar-refractivity contribution in [1.82, 2.24) is 9.80 Å². The van der Waals surface area contributed by atoms with Crippen molar-refractivity contribution in [2.75, 3.05) is 65.7 Å². The standard InChI is InChI=1S/C12H24N2O5/c15-9-11(17)7-14(8-12(11,18)10-16)2-1-13-3-5-19-6-4-13/h15-18H,1-10H2. The van der Waals surface area contributed by atoms with E-state index in [9.17, 15) is 20.4 Å². The lowest BCUT2D eigenvalue weighted by Gasteiger charge is -2.33. The number of likely N-dealkylation sites (tertiary alicyclic amines) is 1. The molecule has 2 saturated heterocycles. The Morgan fingerprint density at radius 2 is 1.32 bits per heavy atom. The second kappa shape index (κ2) is 6.01. The van der Waals surface area contributed by atoms with E-state index in [-0.39, 0.29) is 13.1 Å². The normalized spacial score (nSPS) is 37.9. The van der Waals surface area contributed by atoms with E-state index in [0.29, 0.717) is 6.54 Å². The number of aliphatic hydroxyl groups excluding tert-OH is 2. The zero-order chi connectivity index (χ0) is 13.9. The van der Waals surface area contributed by atoms with Crippen LogP contribution in [0, 0.1) is 0 Å². The van der Waals surface area contributed by atoms with Gasteiger partial charge in [-0.25, -0.2) is 0 Å². The number of nitrogens with zero attached hydrogens (tertiary/aromatic N) is 2. The van der Waals surface area contributed by atoms with Crippen LogP contribution < -0.4 is 0 Å². The number of hydrogen-bond acceptors (Lipinski definition) is 7. The predicted molar refractivity (Wildman–Crippen MR) is 67.8 cm³/mol. The highest BCUT2D eigenvalue weighted by atomic mass is 16.5. The van der Waals surface area contributed by atoms with Crippen LogP contribution in [0.5, 0.6) is 0 Å². The largest absolute Gasteiger partial charge is 0.393 e.